The molecule has 0 radical (unpaired) electrons. The van der Waals surface area contributed by atoms with E-state index < -0.39 is 0 Å². The van der Waals surface area contributed by atoms with Gasteiger partial charge in [-0.15, -0.1) is 0 Å². The summed E-state index contributed by atoms with van der Waals surface area (Å²) in [4.78, 5) is 10.0. The van der Waals surface area contributed by atoms with Crippen LogP contribution in [0.25, 0.3) is 0 Å². The minimum atomic E-state index is 0.211. The molecule has 0 bridgehead atoms. The summed E-state index contributed by atoms with van der Waals surface area (Å²) in [6, 6.07) is 5.59. The first-order valence-corrected chi connectivity index (χ1v) is 3.71. The molecule has 0 heterocycles. The lowest BCUT2D eigenvalue weighted by molar-refractivity contribution is 0.411. The first-order chi connectivity index (χ1) is 5.79. The van der Waals surface area contributed by atoms with E-state index in [0.29, 0.717) is 0 Å². The summed E-state index contributed by atoms with van der Waals surface area (Å²) in [5.74, 6) is 0.802. The van der Waals surface area contributed by atoms with E-state index >= 15 is 0 Å². The average Bonchev–Trinajstić information content (AvgIpc) is 2.09. The molecule has 0 atom stereocenters. The molecule has 0 aliphatic carbocycles. The third-order valence-electron chi connectivity index (χ3n) is 1.85. The van der Waals surface area contributed by atoms with E-state index in [0.717, 1.165) is 16.9 Å². The van der Waals surface area contributed by atoms with Gasteiger partial charge >= 0.3 is 0 Å². The molecule has 1 aromatic carbocycles. The number of nitroso groups, excluding NO2 is 1. The van der Waals surface area contributed by atoms with Crippen LogP contribution in [0.15, 0.2) is 23.4 Å². The maximum Gasteiger partial charge on any atom is 0.122 e. The minimum absolute atomic E-state index is 0.211. The standard InChI is InChI=1S/C9H11NO2/c1-7-8(6-10-11)4-3-5-9(7)12-2/h3-5H,6H2,1-2H3. The Hall–Kier alpha value is -1.38. The largest absolute Gasteiger partial charge is 0.496 e. The Morgan fingerprint density at radius 3 is 2.83 bits per heavy atom. The molecule has 0 saturated carbocycles. The highest BCUT2D eigenvalue weighted by Crippen LogP contribution is 2.21. The fourth-order valence-electron chi connectivity index (χ4n) is 1.12. The molecular formula is C9H11NO2. The summed E-state index contributed by atoms with van der Waals surface area (Å²) in [6.45, 7) is 2.13. The fourth-order valence-corrected chi connectivity index (χ4v) is 1.12. The first kappa shape index (κ1) is 8.71. The van der Waals surface area contributed by atoms with Crippen molar-refractivity contribution < 1.29 is 4.74 Å². The Labute approximate surface area is 71.3 Å². The lowest BCUT2D eigenvalue weighted by atomic mass is 10.1. The van der Waals surface area contributed by atoms with Gasteiger partial charge in [0.05, 0.1) is 7.11 Å². The van der Waals surface area contributed by atoms with Gasteiger partial charge in [-0.1, -0.05) is 17.3 Å². The first-order valence-electron chi connectivity index (χ1n) is 3.71. The minimum Gasteiger partial charge on any atom is -0.496 e. The quantitative estimate of drug-likeness (QED) is 0.644. The SMILES string of the molecule is COc1cccc(CN=O)c1C. The van der Waals surface area contributed by atoms with Gasteiger partial charge in [-0.25, -0.2) is 0 Å². The molecule has 3 nitrogen and oxygen atoms in total. The lowest BCUT2D eigenvalue weighted by Gasteiger charge is -2.06. The van der Waals surface area contributed by atoms with Crippen molar-refractivity contribution in [3.63, 3.8) is 0 Å². The molecule has 0 saturated heterocycles. The number of methoxy groups -OCH3 is 1. The van der Waals surface area contributed by atoms with Crippen molar-refractivity contribution in [2.24, 2.45) is 5.18 Å². The zero-order chi connectivity index (χ0) is 8.97. The molecule has 0 amide bonds. The van der Waals surface area contributed by atoms with Gasteiger partial charge in [0.1, 0.15) is 12.3 Å². The Bertz CT molecular complexity index is 284. The van der Waals surface area contributed by atoms with Gasteiger partial charge in [-0.2, -0.15) is 4.91 Å². The predicted molar refractivity (Wildman–Crippen MR) is 47.2 cm³/mol. The number of ether oxygens (including phenoxy) is 1. The van der Waals surface area contributed by atoms with Crippen LogP contribution in [0.2, 0.25) is 0 Å². The second kappa shape index (κ2) is 3.85. The van der Waals surface area contributed by atoms with Crippen LogP contribution in [0.3, 0.4) is 0 Å². The van der Waals surface area contributed by atoms with Crippen molar-refractivity contribution in [2.45, 2.75) is 13.5 Å². The van der Waals surface area contributed by atoms with Crippen LogP contribution in [-0.4, -0.2) is 7.11 Å². The number of nitrogens with zero attached hydrogens (tertiary/aromatic N) is 1. The second-order valence-electron chi connectivity index (χ2n) is 2.53. The van der Waals surface area contributed by atoms with E-state index in [2.05, 4.69) is 5.18 Å². The molecule has 1 rings (SSSR count). The average molecular weight is 165 g/mol. The van der Waals surface area contributed by atoms with Gasteiger partial charge in [-0.05, 0) is 24.1 Å². The zero-order valence-electron chi connectivity index (χ0n) is 7.20. The lowest BCUT2D eigenvalue weighted by Crippen LogP contribution is -1.91. The summed E-state index contributed by atoms with van der Waals surface area (Å²) in [7, 11) is 1.61. The van der Waals surface area contributed by atoms with Gasteiger partial charge in [0.2, 0.25) is 0 Å². The Morgan fingerprint density at radius 1 is 1.50 bits per heavy atom. The van der Waals surface area contributed by atoms with E-state index in [-0.39, 0.29) is 6.54 Å². The van der Waals surface area contributed by atoms with Crippen LogP contribution < -0.4 is 4.74 Å². The predicted octanol–water partition coefficient (Wildman–Crippen LogP) is 2.27. The molecule has 0 spiro atoms. The number of hydrogen-bond acceptors (Lipinski definition) is 3. The zero-order valence-corrected chi connectivity index (χ0v) is 7.20. The molecule has 1 aromatic rings. The van der Waals surface area contributed by atoms with Gasteiger partial charge in [-0.3, -0.25) is 0 Å². The maximum atomic E-state index is 10.0. The van der Waals surface area contributed by atoms with E-state index in [4.69, 9.17) is 4.74 Å². The van der Waals surface area contributed by atoms with Gasteiger partial charge in [0.15, 0.2) is 0 Å². The molecule has 0 aliphatic heterocycles. The van der Waals surface area contributed by atoms with Crippen LogP contribution >= 0.6 is 0 Å². The second-order valence-corrected chi connectivity index (χ2v) is 2.53. The van der Waals surface area contributed by atoms with Crippen LogP contribution in [0.1, 0.15) is 11.1 Å². The highest BCUT2D eigenvalue weighted by Gasteiger charge is 2.02. The molecule has 12 heavy (non-hydrogen) atoms. The van der Waals surface area contributed by atoms with Crippen molar-refractivity contribution in [3.8, 4) is 5.75 Å². The van der Waals surface area contributed by atoms with Crippen LogP contribution in [0.5, 0.6) is 5.75 Å². The molecule has 0 unspecified atom stereocenters. The van der Waals surface area contributed by atoms with E-state index in [9.17, 15) is 4.91 Å². The van der Waals surface area contributed by atoms with E-state index in [1.54, 1.807) is 7.11 Å². The number of hydrogen-bond donors (Lipinski definition) is 0. The Morgan fingerprint density at radius 2 is 2.25 bits per heavy atom. The molecule has 3 heteroatoms. The van der Waals surface area contributed by atoms with Crippen molar-refractivity contribution in [2.75, 3.05) is 7.11 Å². The summed E-state index contributed by atoms with van der Waals surface area (Å²) >= 11 is 0. The summed E-state index contributed by atoms with van der Waals surface area (Å²) < 4.78 is 5.09. The molecule has 0 N–H and O–H groups in total. The summed E-state index contributed by atoms with van der Waals surface area (Å²) in [6.07, 6.45) is 0. The van der Waals surface area contributed by atoms with Gasteiger partial charge in [0, 0.05) is 0 Å². The molecule has 64 valence electrons. The normalized spacial score (nSPS) is 9.50. The van der Waals surface area contributed by atoms with Crippen molar-refractivity contribution in [1.82, 2.24) is 0 Å². The van der Waals surface area contributed by atoms with Crippen molar-refractivity contribution in [3.05, 3.63) is 34.2 Å². The fraction of sp³-hybridized carbons (Fsp3) is 0.333. The van der Waals surface area contributed by atoms with E-state index in [1.807, 2.05) is 25.1 Å². The monoisotopic (exact) mass is 165 g/mol. The van der Waals surface area contributed by atoms with Gasteiger partial charge < -0.3 is 4.74 Å². The Balaban J connectivity index is 3.04. The van der Waals surface area contributed by atoms with Gasteiger partial charge in [0.25, 0.3) is 0 Å². The third kappa shape index (κ3) is 1.61. The van der Waals surface area contributed by atoms with Crippen LogP contribution in [-0.2, 0) is 6.54 Å². The number of benzene rings is 1. The van der Waals surface area contributed by atoms with Crippen molar-refractivity contribution in [1.29, 1.82) is 0 Å². The van der Waals surface area contributed by atoms with E-state index in [1.165, 1.54) is 0 Å². The highest BCUT2D eigenvalue weighted by atomic mass is 16.5. The van der Waals surface area contributed by atoms with Crippen molar-refractivity contribution >= 4 is 0 Å². The highest BCUT2D eigenvalue weighted by molar-refractivity contribution is 5.38. The maximum absolute atomic E-state index is 10.0. The molecule has 0 aromatic heterocycles. The van der Waals surface area contributed by atoms with Crippen LogP contribution in [0.4, 0.5) is 0 Å². The topological polar surface area (TPSA) is 38.7 Å². The third-order valence-corrected chi connectivity index (χ3v) is 1.85. The van der Waals surface area contributed by atoms with Crippen LogP contribution in [0, 0.1) is 11.8 Å². The number of rotatable bonds is 3. The molecular weight excluding hydrogens is 154 g/mol. The molecule has 0 fully saturated rings. The Kier molecular flexibility index (Phi) is 2.80. The smallest absolute Gasteiger partial charge is 0.122 e. The summed E-state index contributed by atoms with van der Waals surface area (Å²) in [5, 5.41) is 2.84. The molecule has 0 aliphatic rings. The summed E-state index contributed by atoms with van der Waals surface area (Å²) in [5.41, 5.74) is 1.91.